The summed E-state index contributed by atoms with van der Waals surface area (Å²) in [6.07, 6.45) is 8.74. The second-order valence-corrected chi connectivity index (χ2v) is 8.99. The Bertz CT molecular complexity index is 615. The number of aryl methyl sites for hydroxylation is 2. The molecule has 0 N–H and O–H groups in total. The van der Waals surface area contributed by atoms with Gasteiger partial charge in [0.1, 0.15) is 5.82 Å². The smallest absolute Gasteiger partial charge is 0.266 e. The molecule has 1 heterocycles. The lowest BCUT2D eigenvalue weighted by atomic mass is 9.75. The molecule has 4 heteroatoms. The Morgan fingerprint density at radius 3 is 2.32 bits per heavy atom. The number of hydrogen-bond donors (Lipinski definition) is 0. The molecule has 1 aromatic carbocycles. The fourth-order valence-electron chi connectivity index (χ4n) is 5.24. The molecule has 158 valence electrons. The molecule has 3 rings (SSSR count). The fourth-order valence-corrected chi connectivity index (χ4v) is 5.24. The van der Waals surface area contributed by atoms with Crippen LogP contribution in [0, 0.1) is 30.5 Å². The van der Waals surface area contributed by atoms with E-state index in [0.29, 0.717) is 35.5 Å². The Balaban J connectivity index is 1.46. The van der Waals surface area contributed by atoms with Gasteiger partial charge in [-0.25, -0.2) is 13.2 Å². The van der Waals surface area contributed by atoms with Gasteiger partial charge in [-0.15, -0.1) is 0 Å². The zero-order valence-corrected chi connectivity index (χ0v) is 17.4. The van der Waals surface area contributed by atoms with E-state index < -0.39 is 12.2 Å². The van der Waals surface area contributed by atoms with E-state index in [2.05, 4.69) is 6.92 Å². The van der Waals surface area contributed by atoms with Crippen LogP contribution in [-0.4, -0.2) is 12.7 Å². The minimum absolute atomic E-state index is 0.299. The van der Waals surface area contributed by atoms with Crippen LogP contribution in [0.4, 0.5) is 13.2 Å². The summed E-state index contributed by atoms with van der Waals surface area (Å²) in [5.41, 5.74) is 0.400. The molecule has 2 aliphatic rings. The van der Waals surface area contributed by atoms with Crippen LogP contribution in [0.25, 0.3) is 0 Å². The molecule has 2 atom stereocenters. The second kappa shape index (κ2) is 10.1. The lowest BCUT2D eigenvalue weighted by Crippen LogP contribution is -2.34. The Morgan fingerprint density at radius 2 is 1.71 bits per heavy atom. The molecule has 0 spiro atoms. The van der Waals surface area contributed by atoms with Gasteiger partial charge >= 0.3 is 0 Å². The second-order valence-electron chi connectivity index (χ2n) is 8.99. The van der Waals surface area contributed by atoms with Crippen molar-refractivity contribution >= 4 is 0 Å². The van der Waals surface area contributed by atoms with Gasteiger partial charge in [-0.1, -0.05) is 38.3 Å². The first kappa shape index (κ1) is 21.7. The van der Waals surface area contributed by atoms with E-state index in [1.165, 1.54) is 38.5 Å². The average Bonchev–Trinajstić information content (AvgIpc) is 2.70. The quantitative estimate of drug-likeness (QED) is 0.466. The minimum atomic E-state index is -2.74. The summed E-state index contributed by atoms with van der Waals surface area (Å²) in [6, 6.07) is 3.31. The van der Waals surface area contributed by atoms with Crippen LogP contribution < -0.4 is 0 Å². The summed E-state index contributed by atoms with van der Waals surface area (Å²) in [4.78, 5) is 0. The number of hydrogen-bond acceptors (Lipinski definition) is 1. The summed E-state index contributed by atoms with van der Waals surface area (Å²) >= 11 is 0. The number of benzene rings is 1. The molecule has 2 unspecified atom stereocenters. The Hall–Kier alpha value is -1.03. The van der Waals surface area contributed by atoms with Crippen LogP contribution >= 0.6 is 0 Å². The molecule has 1 aliphatic carbocycles. The molecule has 0 radical (unpaired) electrons. The Kier molecular flexibility index (Phi) is 7.85. The predicted molar refractivity (Wildman–Crippen MR) is 107 cm³/mol. The van der Waals surface area contributed by atoms with E-state index >= 15 is 0 Å². The summed E-state index contributed by atoms with van der Waals surface area (Å²) < 4.78 is 46.9. The SMILES string of the molecule is CCCC1CCC(C2CCC(CCc3ccc(C)c(F)c3C(F)F)CC2)OC1. The molecule has 1 saturated heterocycles. The van der Waals surface area contributed by atoms with Gasteiger partial charge in [-0.3, -0.25) is 0 Å². The van der Waals surface area contributed by atoms with Crippen LogP contribution in [0.1, 0.15) is 87.8 Å². The van der Waals surface area contributed by atoms with Crippen molar-refractivity contribution in [2.45, 2.75) is 90.6 Å². The zero-order valence-electron chi connectivity index (χ0n) is 17.4. The summed E-state index contributed by atoms with van der Waals surface area (Å²) in [5, 5.41) is 0. The van der Waals surface area contributed by atoms with Crippen LogP contribution in [0.15, 0.2) is 12.1 Å². The molecule has 1 aromatic rings. The fraction of sp³-hybridized carbons (Fsp3) is 0.750. The van der Waals surface area contributed by atoms with Crippen molar-refractivity contribution in [1.82, 2.24) is 0 Å². The van der Waals surface area contributed by atoms with Crippen molar-refractivity contribution in [3.05, 3.63) is 34.6 Å². The third-order valence-electron chi connectivity index (χ3n) is 7.02. The molecule has 0 amide bonds. The molecule has 0 aromatic heterocycles. The van der Waals surface area contributed by atoms with Crippen LogP contribution in [0.2, 0.25) is 0 Å². The first-order chi connectivity index (χ1) is 13.5. The van der Waals surface area contributed by atoms with Gasteiger partial charge in [0, 0.05) is 6.61 Å². The molecular formula is C24H35F3O. The molecule has 28 heavy (non-hydrogen) atoms. The molecule has 1 aliphatic heterocycles. The lowest BCUT2D eigenvalue weighted by molar-refractivity contribution is -0.0596. The van der Waals surface area contributed by atoms with Crippen molar-refractivity contribution < 1.29 is 17.9 Å². The maximum atomic E-state index is 14.1. The van der Waals surface area contributed by atoms with E-state index in [9.17, 15) is 13.2 Å². The van der Waals surface area contributed by atoms with Gasteiger partial charge in [0.05, 0.1) is 11.7 Å². The Morgan fingerprint density at radius 1 is 1.00 bits per heavy atom. The van der Waals surface area contributed by atoms with Gasteiger partial charge in [0.15, 0.2) is 0 Å². The highest BCUT2D eigenvalue weighted by atomic mass is 19.3. The lowest BCUT2D eigenvalue weighted by Gasteiger charge is -2.38. The number of rotatable bonds is 7. The van der Waals surface area contributed by atoms with Crippen molar-refractivity contribution in [3.8, 4) is 0 Å². The molecule has 1 nitrogen and oxygen atoms in total. The summed E-state index contributed by atoms with van der Waals surface area (Å²) in [6.45, 7) is 4.71. The summed E-state index contributed by atoms with van der Waals surface area (Å²) in [7, 11) is 0. The van der Waals surface area contributed by atoms with Gasteiger partial charge in [-0.2, -0.15) is 0 Å². The van der Waals surface area contributed by atoms with Crippen molar-refractivity contribution in [3.63, 3.8) is 0 Å². The van der Waals surface area contributed by atoms with Gasteiger partial charge < -0.3 is 4.74 Å². The van der Waals surface area contributed by atoms with Crippen LogP contribution in [0.5, 0.6) is 0 Å². The highest BCUT2D eigenvalue weighted by molar-refractivity contribution is 5.34. The maximum Gasteiger partial charge on any atom is 0.266 e. The average molecular weight is 397 g/mol. The highest BCUT2D eigenvalue weighted by Gasteiger charge is 2.31. The molecular weight excluding hydrogens is 361 g/mol. The maximum absolute atomic E-state index is 14.1. The first-order valence-corrected chi connectivity index (χ1v) is 11.2. The predicted octanol–water partition coefficient (Wildman–Crippen LogP) is 7.41. The molecule has 1 saturated carbocycles. The topological polar surface area (TPSA) is 9.23 Å². The third-order valence-corrected chi connectivity index (χ3v) is 7.02. The van der Waals surface area contributed by atoms with Gasteiger partial charge in [0.2, 0.25) is 0 Å². The zero-order chi connectivity index (χ0) is 20.1. The standard InChI is InChI=1S/C24H35F3O/c1-3-4-18-9-14-21(28-15-18)19-11-6-17(7-12-19)8-13-20-10-5-16(2)23(25)22(20)24(26)27/h5,10,17-19,21,24H,3-4,6-9,11-15H2,1-2H3. The van der Waals surface area contributed by atoms with Gasteiger partial charge in [0.25, 0.3) is 6.43 Å². The normalized spacial score (nSPS) is 28.6. The number of ether oxygens (including phenoxy) is 1. The largest absolute Gasteiger partial charge is 0.378 e. The molecule has 2 fully saturated rings. The summed E-state index contributed by atoms with van der Waals surface area (Å²) in [5.74, 6) is 1.23. The van der Waals surface area contributed by atoms with Crippen LogP contribution in [-0.2, 0) is 11.2 Å². The van der Waals surface area contributed by atoms with Crippen molar-refractivity contribution in [1.29, 1.82) is 0 Å². The van der Waals surface area contributed by atoms with Gasteiger partial charge in [-0.05, 0) is 80.8 Å². The monoisotopic (exact) mass is 396 g/mol. The van der Waals surface area contributed by atoms with Crippen molar-refractivity contribution in [2.75, 3.05) is 6.61 Å². The third kappa shape index (κ3) is 5.31. The van der Waals surface area contributed by atoms with E-state index in [-0.39, 0.29) is 5.56 Å². The minimum Gasteiger partial charge on any atom is -0.378 e. The van der Waals surface area contributed by atoms with E-state index in [1.54, 1.807) is 19.1 Å². The number of alkyl halides is 2. The van der Waals surface area contributed by atoms with E-state index in [0.717, 1.165) is 31.8 Å². The number of halogens is 3. The van der Waals surface area contributed by atoms with Crippen LogP contribution in [0.3, 0.4) is 0 Å². The van der Waals surface area contributed by atoms with E-state index in [1.807, 2.05) is 0 Å². The Labute approximate surface area is 168 Å². The molecule has 0 bridgehead atoms. The van der Waals surface area contributed by atoms with Crippen molar-refractivity contribution in [2.24, 2.45) is 17.8 Å². The van der Waals surface area contributed by atoms with E-state index in [4.69, 9.17) is 4.74 Å². The highest BCUT2D eigenvalue weighted by Crippen LogP contribution is 2.38. The first-order valence-electron chi connectivity index (χ1n) is 11.2.